The number of benzene rings is 1. The van der Waals surface area contributed by atoms with Crippen LogP contribution < -0.4 is 4.72 Å². The van der Waals surface area contributed by atoms with Crippen LogP contribution in [-0.4, -0.2) is 51.1 Å². The number of hydrogen-bond donors (Lipinski definition) is 1. The monoisotopic (exact) mass is 347 g/mol. The van der Waals surface area contributed by atoms with Crippen molar-refractivity contribution in [2.45, 2.75) is 17.0 Å². The fourth-order valence-electron chi connectivity index (χ4n) is 2.93. The molecule has 2 heterocycles. The average molecular weight is 347 g/mol. The molecule has 2 atom stereocenters. The molecule has 1 aromatic carbocycles. The number of rotatable bonds is 5. The van der Waals surface area contributed by atoms with Gasteiger partial charge in [0.1, 0.15) is 4.90 Å². The molecule has 24 heavy (non-hydrogen) atoms. The standard InChI is InChI=1S/C17H21N3O3S/c1-20-10-11-23-16(17(20)14-6-3-2-4-7-14)13-19-24(21,22)15-8-5-9-18-12-15/h2-9,12,16-17,19H,10-11,13H2,1H3/t16-,17-/m0/s1. The van der Waals surface area contributed by atoms with E-state index in [1.807, 2.05) is 37.4 Å². The van der Waals surface area contributed by atoms with Crippen LogP contribution in [-0.2, 0) is 14.8 Å². The van der Waals surface area contributed by atoms with Crippen molar-refractivity contribution in [2.75, 3.05) is 26.7 Å². The average Bonchev–Trinajstić information content (AvgIpc) is 2.61. The van der Waals surface area contributed by atoms with E-state index in [1.165, 1.54) is 12.3 Å². The minimum atomic E-state index is -3.59. The van der Waals surface area contributed by atoms with Crippen molar-refractivity contribution in [1.29, 1.82) is 0 Å². The molecule has 0 aliphatic carbocycles. The van der Waals surface area contributed by atoms with E-state index in [2.05, 4.69) is 14.6 Å². The van der Waals surface area contributed by atoms with Gasteiger partial charge in [0.25, 0.3) is 0 Å². The van der Waals surface area contributed by atoms with Gasteiger partial charge in [-0.05, 0) is 24.7 Å². The quantitative estimate of drug-likeness (QED) is 0.886. The number of morpholine rings is 1. The predicted molar refractivity (Wildman–Crippen MR) is 91.0 cm³/mol. The Labute approximate surface area is 142 Å². The summed E-state index contributed by atoms with van der Waals surface area (Å²) in [5.74, 6) is 0. The van der Waals surface area contributed by atoms with Crippen molar-refractivity contribution in [3.63, 3.8) is 0 Å². The van der Waals surface area contributed by atoms with Crippen molar-refractivity contribution in [3.05, 3.63) is 60.4 Å². The molecule has 1 aliphatic heterocycles. The number of nitrogens with one attached hydrogen (secondary N) is 1. The normalized spacial score (nSPS) is 22.4. The summed E-state index contributed by atoms with van der Waals surface area (Å²) < 4.78 is 33.3. The number of aromatic nitrogens is 1. The zero-order valence-electron chi connectivity index (χ0n) is 13.5. The van der Waals surface area contributed by atoms with Crippen LogP contribution in [0.25, 0.3) is 0 Å². The third-order valence-electron chi connectivity index (χ3n) is 4.16. The zero-order valence-corrected chi connectivity index (χ0v) is 14.3. The van der Waals surface area contributed by atoms with Gasteiger partial charge in [0.15, 0.2) is 0 Å². The van der Waals surface area contributed by atoms with Crippen LogP contribution in [0.5, 0.6) is 0 Å². The molecule has 6 nitrogen and oxygen atoms in total. The lowest BCUT2D eigenvalue weighted by Crippen LogP contribution is -2.48. The number of nitrogens with zero attached hydrogens (tertiary/aromatic N) is 2. The molecule has 128 valence electrons. The Bertz CT molecular complexity index is 753. The van der Waals surface area contributed by atoms with E-state index in [0.717, 1.165) is 12.1 Å². The number of sulfonamides is 1. The largest absolute Gasteiger partial charge is 0.374 e. The Balaban J connectivity index is 1.75. The van der Waals surface area contributed by atoms with Gasteiger partial charge in [-0.15, -0.1) is 0 Å². The third kappa shape index (κ3) is 3.81. The van der Waals surface area contributed by atoms with E-state index >= 15 is 0 Å². The van der Waals surface area contributed by atoms with E-state index in [9.17, 15) is 8.42 Å². The van der Waals surface area contributed by atoms with E-state index in [1.54, 1.807) is 12.3 Å². The van der Waals surface area contributed by atoms with Crippen LogP contribution in [0, 0.1) is 0 Å². The highest BCUT2D eigenvalue weighted by atomic mass is 32.2. The zero-order chi connectivity index (χ0) is 17.0. The molecule has 0 saturated carbocycles. The van der Waals surface area contributed by atoms with E-state index in [4.69, 9.17) is 4.74 Å². The molecule has 0 amide bonds. The highest BCUT2D eigenvalue weighted by Crippen LogP contribution is 2.28. The number of likely N-dealkylation sites (N-methyl/N-ethyl adjacent to an activating group) is 1. The summed E-state index contributed by atoms with van der Waals surface area (Å²) in [6, 6.07) is 13.1. The van der Waals surface area contributed by atoms with E-state index < -0.39 is 10.0 Å². The maximum Gasteiger partial charge on any atom is 0.242 e. The van der Waals surface area contributed by atoms with Crippen LogP contribution in [0.2, 0.25) is 0 Å². The summed E-state index contributed by atoms with van der Waals surface area (Å²) in [4.78, 5) is 6.22. The molecule has 1 aliphatic rings. The topological polar surface area (TPSA) is 71.5 Å². The van der Waals surface area contributed by atoms with E-state index in [-0.39, 0.29) is 23.6 Å². The molecule has 2 aromatic rings. The first-order valence-corrected chi connectivity index (χ1v) is 9.33. The molecule has 7 heteroatoms. The second kappa shape index (κ2) is 7.40. The maximum atomic E-state index is 12.4. The molecular formula is C17H21N3O3S. The predicted octanol–water partition coefficient (Wildman–Crippen LogP) is 1.43. The molecule has 0 spiro atoms. The van der Waals surface area contributed by atoms with Crippen LogP contribution >= 0.6 is 0 Å². The molecule has 1 aromatic heterocycles. The first-order valence-electron chi connectivity index (χ1n) is 7.84. The Morgan fingerprint density at radius 3 is 2.75 bits per heavy atom. The van der Waals surface area contributed by atoms with Crippen LogP contribution in [0.3, 0.4) is 0 Å². The molecular weight excluding hydrogens is 326 g/mol. The summed E-state index contributed by atoms with van der Waals surface area (Å²) in [5, 5.41) is 0. The van der Waals surface area contributed by atoms with Gasteiger partial charge in [-0.25, -0.2) is 13.1 Å². The highest BCUT2D eigenvalue weighted by Gasteiger charge is 2.32. The van der Waals surface area contributed by atoms with Gasteiger partial charge in [0, 0.05) is 25.5 Å². The molecule has 0 unspecified atom stereocenters. The summed E-state index contributed by atoms with van der Waals surface area (Å²) in [7, 11) is -1.56. The lowest BCUT2D eigenvalue weighted by molar-refractivity contribution is -0.0592. The van der Waals surface area contributed by atoms with Gasteiger partial charge in [-0.1, -0.05) is 30.3 Å². The van der Waals surface area contributed by atoms with Crippen molar-refractivity contribution < 1.29 is 13.2 Å². The van der Waals surface area contributed by atoms with Crippen molar-refractivity contribution in [2.24, 2.45) is 0 Å². The van der Waals surface area contributed by atoms with Crippen molar-refractivity contribution in [1.82, 2.24) is 14.6 Å². The second-order valence-corrected chi connectivity index (χ2v) is 7.55. The van der Waals surface area contributed by atoms with Gasteiger partial charge in [0.2, 0.25) is 10.0 Å². The third-order valence-corrected chi connectivity index (χ3v) is 5.57. The Hall–Kier alpha value is -1.80. The second-order valence-electron chi connectivity index (χ2n) is 5.79. The smallest absolute Gasteiger partial charge is 0.242 e. The van der Waals surface area contributed by atoms with Gasteiger partial charge in [-0.2, -0.15) is 0 Å². The highest BCUT2D eigenvalue weighted by molar-refractivity contribution is 7.89. The van der Waals surface area contributed by atoms with Gasteiger partial charge in [0.05, 0.1) is 18.8 Å². The summed E-state index contributed by atoms with van der Waals surface area (Å²) in [5.41, 5.74) is 1.12. The molecule has 1 N–H and O–H groups in total. The maximum absolute atomic E-state index is 12.4. The molecule has 1 fully saturated rings. The molecule has 0 radical (unpaired) electrons. The fourth-order valence-corrected chi connectivity index (χ4v) is 3.94. The molecule has 0 bridgehead atoms. The van der Waals surface area contributed by atoms with Crippen molar-refractivity contribution >= 4 is 10.0 Å². The van der Waals surface area contributed by atoms with Gasteiger partial charge < -0.3 is 4.74 Å². The number of ether oxygens (including phenoxy) is 1. The van der Waals surface area contributed by atoms with Crippen LogP contribution in [0.4, 0.5) is 0 Å². The Morgan fingerprint density at radius 1 is 1.25 bits per heavy atom. The lowest BCUT2D eigenvalue weighted by Gasteiger charge is -2.39. The lowest BCUT2D eigenvalue weighted by atomic mass is 9.99. The van der Waals surface area contributed by atoms with Crippen LogP contribution in [0.1, 0.15) is 11.6 Å². The van der Waals surface area contributed by atoms with E-state index in [0.29, 0.717) is 6.61 Å². The number of hydrogen-bond acceptors (Lipinski definition) is 5. The van der Waals surface area contributed by atoms with Gasteiger partial charge in [-0.3, -0.25) is 9.88 Å². The minimum absolute atomic E-state index is 0.0107. The van der Waals surface area contributed by atoms with Gasteiger partial charge >= 0.3 is 0 Å². The fraction of sp³-hybridized carbons (Fsp3) is 0.353. The van der Waals surface area contributed by atoms with Crippen LogP contribution in [0.15, 0.2) is 59.8 Å². The summed E-state index contributed by atoms with van der Waals surface area (Å²) >= 11 is 0. The SMILES string of the molecule is CN1CCO[C@@H](CNS(=O)(=O)c2cccnc2)[C@@H]1c1ccccc1. The first kappa shape index (κ1) is 17.0. The summed E-state index contributed by atoms with van der Waals surface area (Å²) in [6.45, 7) is 1.60. The Kier molecular flexibility index (Phi) is 5.25. The summed E-state index contributed by atoms with van der Waals surface area (Å²) in [6.07, 6.45) is 2.63. The Morgan fingerprint density at radius 2 is 2.04 bits per heavy atom. The number of pyridine rings is 1. The van der Waals surface area contributed by atoms with Crippen molar-refractivity contribution in [3.8, 4) is 0 Å². The molecule has 1 saturated heterocycles. The molecule has 3 rings (SSSR count). The first-order chi connectivity index (χ1) is 11.6. The minimum Gasteiger partial charge on any atom is -0.374 e.